The molecule has 1 saturated heterocycles. The zero-order valence-electron chi connectivity index (χ0n) is 11.0. The summed E-state index contributed by atoms with van der Waals surface area (Å²) >= 11 is 0. The SMILES string of the molecule is Oc1cccc(O)c1-c1nc(CC2CCCCO2)no1. The number of hydrogen-bond acceptors (Lipinski definition) is 6. The van der Waals surface area contributed by atoms with Gasteiger partial charge in [0.15, 0.2) is 5.82 Å². The molecule has 6 nitrogen and oxygen atoms in total. The van der Waals surface area contributed by atoms with Crippen LogP contribution >= 0.6 is 0 Å². The van der Waals surface area contributed by atoms with Crippen LogP contribution in [0.5, 0.6) is 11.5 Å². The fourth-order valence-corrected chi connectivity index (χ4v) is 2.36. The number of aromatic hydroxyl groups is 2. The van der Waals surface area contributed by atoms with Crippen LogP contribution in [-0.2, 0) is 11.2 Å². The van der Waals surface area contributed by atoms with Gasteiger partial charge >= 0.3 is 0 Å². The van der Waals surface area contributed by atoms with E-state index in [1.165, 1.54) is 12.1 Å². The molecule has 6 heteroatoms. The molecular formula is C14H16N2O4. The lowest BCUT2D eigenvalue weighted by Gasteiger charge is -2.20. The second kappa shape index (κ2) is 5.50. The number of ether oxygens (including phenoxy) is 1. The molecule has 2 N–H and O–H groups in total. The molecule has 1 unspecified atom stereocenters. The van der Waals surface area contributed by atoms with Crippen LogP contribution in [0.25, 0.3) is 11.5 Å². The van der Waals surface area contributed by atoms with Crippen molar-refractivity contribution < 1.29 is 19.5 Å². The minimum atomic E-state index is -0.0888. The molecule has 2 aromatic rings. The Bertz CT molecular complexity index is 570. The Kier molecular flexibility index (Phi) is 3.56. The molecule has 1 aliphatic heterocycles. The van der Waals surface area contributed by atoms with Gasteiger partial charge in [0.25, 0.3) is 5.89 Å². The van der Waals surface area contributed by atoms with Crippen LogP contribution in [0.1, 0.15) is 25.1 Å². The van der Waals surface area contributed by atoms with E-state index in [0.717, 1.165) is 25.9 Å². The number of benzene rings is 1. The zero-order valence-corrected chi connectivity index (χ0v) is 11.0. The van der Waals surface area contributed by atoms with Crippen molar-refractivity contribution in [1.82, 2.24) is 10.1 Å². The van der Waals surface area contributed by atoms with Gasteiger partial charge in [-0.25, -0.2) is 0 Å². The molecule has 0 amide bonds. The Hall–Kier alpha value is -2.08. The number of aromatic nitrogens is 2. The van der Waals surface area contributed by atoms with E-state index in [9.17, 15) is 10.2 Å². The second-order valence-electron chi connectivity index (χ2n) is 4.88. The van der Waals surface area contributed by atoms with Crippen molar-refractivity contribution in [3.8, 4) is 23.0 Å². The third-order valence-corrected chi connectivity index (χ3v) is 3.39. The zero-order chi connectivity index (χ0) is 13.9. The van der Waals surface area contributed by atoms with E-state index < -0.39 is 0 Å². The molecule has 2 heterocycles. The van der Waals surface area contributed by atoms with Crippen LogP contribution in [-0.4, -0.2) is 33.1 Å². The highest BCUT2D eigenvalue weighted by Crippen LogP contribution is 2.35. The summed E-state index contributed by atoms with van der Waals surface area (Å²) in [6.45, 7) is 0.773. The summed E-state index contributed by atoms with van der Waals surface area (Å²) < 4.78 is 10.7. The van der Waals surface area contributed by atoms with Crippen molar-refractivity contribution >= 4 is 0 Å². The molecule has 0 bridgehead atoms. The Labute approximate surface area is 116 Å². The van der Waals surface area contributed by atoms with Crippen LogP contribution in [0, 0.1) is 0 Å². The third-order valence-electron chi connectivity index (χ3n) is 3.39. The van der Waals surface area contributed by atoms with Crippen molar-refractivity contribution in [1.29, 1.82) is 0 Å². The van der Waals surface area contributed by atoms with Crippen molar-refractivity contribution in [3.05, 3.63) is 24.0 Å². The maximum Gasteiger partial charge on any atom is 0.265 e. The number of rotatable bonds is 3. The van der Waals surface area contributed by atoms with Crippen molar-refractivity contribution in [2.45, 2.75) is 31.8 Å². The van der Waals surface area contributed by atoms with Crippen molar-refractivity contribution in [2.24, 2.45) is 0 Å². The Morgan fingerprint density at radius 1 is 1.20 bits per heavy atom. The highest BCUT2D eigenvalue weighted by Gasteiger charge is 2.20. The molecule has 3 rings (SSSR count). The lowest BCUT2D eigenvalue weighted by atomic mass is 10.1. The highest BCUT2D eigenvalue weighted by atomic mass is 16.5. The predicted molar refractivity (Wildman–Crippen MR) is 70.4 cm³/mol. The molecule has 1 fully saturated rings. The molecule has 1 aromatic carbocycles. The predicted octanol–water partition coefficient (Wildman–Crippen LogP) is 2.26. The lowest BCUT2D eigenvalue weighted by molar-refractivity contribution is 0.0153. The maximum atomic E-state index is 9.76. The van der Waals surface area contributed by atoms with Gasteiger partial charge in [-0.1, -0.05) is 11.2 Å². The summed E-state index contributed by atoms with van der Waals surface area (Å²) in [7, 11) is 0. The van der Waals surface area contributed by atoms with Gasteiger partial charge in [-0.3, -0.25) is 0 Å². The topological polar surface area (TPSA) is 88.6 Å². The van der Waals surface area contributed by atoms with E-state index in [1.54, 1.807) is 6.07 Å². The van der Waals surface area contributed by atoms with Crippen molar-refractivity contribution in [3.63, 3.8) is 0 Å². The van der Waals surface area contributed by atoms with Gasteiger partial charge in [-0.2, -0.15) is 4.98 Å². The lowest BCUT2D eigenvalue weighted by Crippen LogP contribution is -2.21. The molecule has 1 aliphatic rings. The van der Waals surface area contributed by atoms with Crippen molar-refractivity contribution in [2.75, 3.05) is 6.61 Å². The number of phenolic OH excluding ortho intramolecular Hbond substituents is 2. The van der Waals surface area contributed by atoms with E-state index in [1.807, 2.05) is 0 Å². The molecular weight excluding hydrogens is 260 g/mol. The van der Waals surface area contributed by atoms with Gasteiger partial charge in [0.2, 0.25) is 0 Å². The largest absolute Gasteiger partial charge is 0.507 e. The molecule has 0 spiro atoms. The molecule has 106 valence electrons. The summed E-state index contributed by atoms with van der Waals surface area (Å²) in [5.74, 6) is 0.462. The van der Waals surface area contributed by atoms with Gasteiger partial charge in [-0.15, -0.1) is 0 Å². The van der Waals surface area contributed by atoms with E-state index in [2.05, 4.69) is 10.1 Å². The van der Waals surface area contributed by atoms with Crippen LogP contribution in [0.15, 0.2) is 22.7 Å². The molecule has 1 atom stereocenters. The Morgan fingerprint density at radius 3 is 2.70 bits per heavy atom. The van der Waals surface area contributed by atoms with E-state index in [4.69, 9.17) is 9.26 Å². The number of nitrogens with zero attached hydrogens (tertiary/aromatic N) is 2. The van der Waals surface area contributed by atoms with Gasteiger partial charge in [-0.05, 0) is 31.4 Å². The standard InChI is InChI=1S/C14H16N2O4/c17-10-5-3-6-11(18)13(10)14-15-12(16-20-14)8-9-4-1-2-7-19-9/h3,5-6,9,17-18H,1-2,4,7-8H2. The minimum absolute atomic E-state index is 0.0888. The van der Waals surface area contributed by atoms with E-state index in [-0.39, 0.29) is 29.1 Å². The van der Waals surface area contributed by atoms with Crippen LogP contribution in [0.2, 0.25) is 0 Å². The van der Waals surface area contributed by atoms with Gasteiger partial charge in [0.05, 0.1) is 6.10 Å². The fraction of sp³-hybridized carbons (Fsp3) is 0.429. The average Bonchev–Trinajstić information content (AvgIpc) is 2.88. The smallest absolute Gasteiger partial charge is 0.265 e. The quantitative estimate of drug-likeness (QED) is 0.894. The van der Waals surface area contributed by atoms with Crippen LogP contribution in [0.4, 0.5) is 0 Å². The first-order valence-electron chi connectivity index (χ1n) is 6.69. The van der Waals surface area contributed by atoms with E-state index in [0.29, 0.717) is 12.2 Å². The first-order valence-corrected chi connectivity index (χ1v) is 6.69. The van der Waals surface area contributed by atoms with E-state index >= 15 is 0 Å². The summed E-state index contributed by atoms with van der Waals surface area (Å²) in [4.78, 5) is 4.22. The normalized spacial score (nSPS) is 19.1. The summed E-state index contributed by atoms with van der Waals surface area (Å²) in [6, 6.07) is 4.47. The molecule has 0 radical (unpaired) electrons. The average molecular weight is 276 g/mol. The number of hydrogen-bond donors (Lipinski definition) is 2. The minimum Gasteiger partial charge on any atom is -0.507 e. The second-order valence-corrected chi connectivity index (χ2v) is 4.88. The van der Waals surface area contributed by atoms with Gasteiger partial charge in [0.1, 0.15) is 17.1 Å². The summed E-state index contributed by atoms with van der Waals surface area (Å²) in [6.07, 6.45) is 3.94. The molecule has 20 heavy (non-hydrogen) atoms. The maximum absolute atomic E-state index is 9.76. The highest BCUT2D eigenvalue weighted by molar-refractivity contribution is 5.69. The molecule has 0 saturated carbocycles. The first-order chi connectivity index (χ1) is 9.74. The number of phenols is 2. The fourth-order valence-electron chi connectivity index (χ4n) is 2.36. The van der Waals surface area contributed by atoms with Crippen LogP contribution < -0.4 is 0 Å². The van der Waals surface area contributed by atoms with Gasteiger partial charge < -0.3 is 19.5 Å². The molecule has 0 aliphatic carbocycles. The monoisotopic (exact) mass is 276 g/mol. The summed E-state index contributed by atoms with van der Waals surface area (Å²) in [5, 5.41) is 23.4. The van der Waals surface area contributed by atoms with Gasteiger partial charge in [0, 0.05) is 13.0 Å². The molecule has 1 aromatic heterocycles. The first kappa shape index (κ1) is 12.9. The Morgan fingerprint density at radius 2 is 2.00 bits per heavy atom. The van der Waals surface area contributed by atoms with Crippen LogP contribution in [0.3, 0.4) is 0 Å². The third kappa shape index (κ3) is 2.60. The summed E-state index contributed by atoms with van der Waals surface area (Å²) in [5.41, 5.74) is 0.163. The Balaban J connectivity index is 1.79.